The monoisotopic (exact) mass is 420 g/mol. The minimum Gasteiger partial charge on any atom is -0.356 e. The summed E-state index contributed by atoms with van der Waals surface area (Å²) < 4.78 is 27.2. The average molecular weight is 421 g/mol. The Bertz CT molecular complexity index is 908. The van der Waals surface area contributed by atoms with E-state index in [4.69, 9.17) is 0 Å². The summed E-state index contributed by atoms with van der Waals surface area (Å²) >= 11 is 1.22. The molecule has 7 heteroatoms. The van der Waals surface area contributed by atoms with Crippen molar-refractivity contribution >= 4 is 27.3 Å². The minimum atomic E-state index is -3.48. The number of carbonyl (C=O) groups is 1. The molecule has 1 atom stereocenters. The number of hydrogen-bond acceptors (Lipinski definition) is 4. The van der Waals surface area contributed by atoms with Gasteiger partial charge in [-0.3, -0.25) is 4.79 Å². The van der Waals surface area contributed by atoms with Crippen molar-refractivity contribution in [3.05, 3.63) is 52.4 Å². The predicted octanol–water partition coefficient (Wildman–Crippen LogP) is 3.51. The predicted molar refractivity (Wildman–Crippen MR) is 113 cm³/mol. The Morgan fingerprint density at radius 1 is 1.29 bits per heavy atom. The maximum Gasteiger partial charge on any atom is 0.252 e. The minimum absolute atomic E-state index is 0.0355. The number of aryl methyl sites for hydroxylation is 3. The van der Waals surface area contributed by atoms with Gasteiger partial charge in [0.2, 0.25) is 5.91 Å². The first-order valence-electron chi connectivity index (χ1n) is 9.75. The fourth-order valence-electron chi connectivity index (χ4n) is 3.67. The van der Waals surface area contributed by atoms with Gasteiger partial charge in [0.25, 0.3) is 10.0 Å². The van der Waals surface area contributed by atoms with Gasteiger partial charge in [-0.25, -0.2) is 8.42 Å². The normalized spacial score (nSPS) is 18.1. The fourth-order valence-corrected chi connectivity index (χ4v) is 6.34. The summed E-state index contributed by atoms with van der Waals surface area (Å²) in [6.07, 6.45) is 3.25. The number of sulfonamides is 1. The molecule has 2 aromatic rings. The number of thiophene rings is 1. The molecule has 1 aromatic carbocycles. The van der Waals surface area contributed by atoms with E-state index in [0.717, 1.165) is 19.3 Å². The van der Waals surface area contributed by atoms with Gasteiger partial charge in [0.15, 0.2) is 0 Å². The standard InChI is InChI=1S/C21H28N2O3S2/c1-16-9-10-18(17(2)14-16)6-3-11-22-21(24)19-7-4-12-23(15-19)28(25,26)20-8-5-13-27-20/h5,8-10,13-14,19H,3-4,6-7,11-12,15H2,1-2H3,(H,22,24). The topological polar surface area (TPSA) is 66.5 Å². The van der Waals surface area contributed by atoms with Crippen LogP contribution in [0.15, 0.2) is 39.9 Å². The Hall–Kier alpha value is -1.70. The van der Waals surface area contributed by atoms with Crippen LogP contribution in [0.1, 0.15) is 36.0 Å². The van der Waals surface area contributed by atoms with Crippen molar-refractivity contribution in [1.82, 2.24) is 9.62 Å². The van der Waals surface area contributed by atoms with Gasteiger partial charge in [-0.15, -0.1) is 11.3 Å². The maximum atomic E-state index is 12.7. The van der Waals surface area contributed by atoms with Gasteiger partial charge in [-0.05, 0) is 62.1 Å². The smallest absolute Gasteiger partial charge is 0.252 e. The van der Waals surface area contributed by atoms with Crippen molar-refractivity contribution in [3.8, 4) is 0 Å². The van der Waals surface area contributed by atoms with Crippen LogP contribution < -0.4 is 5.32 Å². The highest BCUT2D eigenvalue weighted by Gasteiger charge is 2.33. The molecule has 1 amide bonds. The number of nitrogens with one attached hydrogen (secondary N) is 1. The SMILES string of the molecule is Cc1ccc(CCCNC(=O)C2CCCN(S(=O)(=O)c3cccs3)C2)c(C)c1. The largest absolute Gasteiger partial charge is 0.356 e. The fraction of sp³-hybridized carbons (Fsp3) is 0.476. The van der Waals surface area contributed by atoms with E-state index >= 15 is 0 Å². The molecule has 0 saturated carbocycles. The molecular weight excluding hydrogens is 392 g/mol. The van der Waals surface area contributed by atoms with Gasteiger partial charge < -0.3 is 5.32 Å². The van der Waals surface area contributed by atoms with Gasteiger partial charge in [0, 0.05) is 19.6 Å². The van der Waals surface area contributed by atoms with Crippen LogP contribution in [-0.4, -0.2) is 38.3 Å². The zero-order chi connectivity index (χ0) is 20.1. The summed E-state index contributed by atoms with van der Waals surface area (Å²) in [6, 6.07) is 9.81. The van der Waals surface area contributed by atoms with Crippen LogP contribution in [0.4, 0.5) is 0 Å². The Balaban J connectivity index is 1.49. The van der Waals surface area contributed by atoms with Crippen LogP contribution in [0, 0.1) is 19.8 Å². The van der Waals surface area contributed by atoms with E-state index in [1.165, 1.54) is 32.3 Å². The molecule has 1 unspecified atom stereocenters. The maximum absolute atomic E-state index is 12.7. The average Bonchev–Trinajstić information content (AvgIpc) is 3.22. The highest BCUT2D eigenvalue weighted by Crippen LogP contribution is 2.26. The molecule has 1 aliphatic rings. The van der Waals surface area contributed by atoms with Crippen LogP contribution in [-0.2, 0) is 21.2 Å². The highest BCUT2D eigenvalue weighted by atomic mass is 32.2. The molecule has 5 nitrogen and oxygen atoms in total. The second-order valence-electron chi connectivity index (χ2n) is 7.46. The molecule has 1 N–H and O–H groups in total. The third kappa shape index (κ3) is 5.01. The first kappa shape index (κ1) is 21.0. The summed E-state index contributed by atoms with van der Waals surface area (Å²) in [5.41, 5.74) is 3.85. The third-order valence-corrected chi connectivity index (χ3v) is 8.50. The molecule has 3 rings (SSSR count). The molecule has 1 aliphatic heterocycles. The third-order valence-electron chi connectivity index (χ3n) is 5.26. The Morgan fingerprint density at radius 2 is 2.11 bits per heavy atom. The number of hydrogen-bond donors (Lipinski definition) is 1. The summed E-state index contributed by atoms with van der Waals surface area (Å²) in [7, 11) is -3.48. The van der Waals surface area contributed by atoms with Crippen LogP contribution in [0.2, 0.25) is 0 Å². The highest BCUT2D eigenvalue weighted by molar-refractivity contribution is 7.91. The zero-order valence-corrected chi connectivity index (χ0v) is 18.1. The molecule has 0 spiro atoms. The number of piperidine rings is 1. The van der Waals surface area contributed by atoms with Crippen molar-refractivity contribution in [2.75, 3.05) is 19.6 Å². The number of benzene rings is 1. The zero-order valence-electron chi connectivity index (χ0n) is 16.5. The lowest BCUT2D eigenvalue weighted by molar-refractivity contribution is -0.126. The van der Waals surface area contributed by atoms with Crippen LogP contribution in [0.5, 0.6) is 0 Å². The first-order chi connectivity index (χ1) is 13.4. The second-order valence-corrected chi connectivity index (χ2v) is 10.6. The molecule has 1 saturated heterocycles. The lowest BCUT2D eigenvalue weighted by atomic mass is 9.98. The molecule has 0 aliphatic carbocycles. The number of carbonyl (C=O) groups excluding carboxylic acids is 1. The van der Waals surface area contributed by atoms with E-state index in [1.807, 2.05) is 0 Å². The van der Waals surface area contributed by atoms with Crippen LogP contribution in [0.25, 0.3) is 0 Å². The van der Waals surface area contributed by atoms with Crippen LogP contribution >= 0.6 is 11.3 Å². The molecule has 1 aromatic heterocycles. The van der Waals surface area contributed by atoms with Gasteiger partial charge in [-0.1, -0.05) is 29.8 Å². The quantitative estimate of drug-likeness (QED) is 0.697. The summed E-state index contributed by atoms with van der Waals surface area (Å²) in [4.78, 5) is 12.6. The summed E-state index contributed by atoms with van der Waals surface area (Å²) in [6.45, 7) is 5.56. The number of nitrogens with zero attached hydrogens (tertiary/aromatic N) is 1. The van der Waals surface area contributed by atoms with Crippen molar-refractivity contribution in [3.63, 3.8) is 0 Å². The van der Waals surface area contributed by atoms with Crippen molar-refractivity contribution in [2.45, 2.75) is 43.7 Å². The molecule has 0 bridgehead atoms. The van der Waals surface area contributed by atoms with E-state index in [0.29, 0.717) is 23.7 Å². The number of rotatable bonds is 7. The lowest BCUT2D eigenvalue weighted by Gasteiger charge is -2.30. The second kappa shape index (κ2) is 9.20. The summed E-state index contributed by atoms with van der Waals surface area (Å²) in [5, 5.41) is 4.76. The Labute approximate surface area is 171 Å². The number of amides is 1. The van der Waals surface area contributed by atoms with E-state index in [1.54, 1.807) is 17.5 Å². The van der Waals surface area contributed by atoms with Gasteiger partial charge >= 0.3 is 0 Å². The lowest BCUT2D eigenvalue weighted by Crippen LogP contribution is -2.45. The van der Waals surface area contributed by atoms with Crippen LogP contribution in [0.3, 0.4) is 0 Å². The van der Waals surface area contributed by atoms with E-state index in [2.05, 4.69) is 37.4 Å². The van der Waals surface area contributed by atoms with Crippen molar-refractivity contribution in [2.24, 2.45) is 5.92 Å². The molecule has 28 heavy (non-hydrogen) atoms. The summed E-state index contributed by atoms with van der Waals surface area (Å²) in [5.74, 6) is -0.309. The van der Waals surface area contributed by atoms with E-state index in [-0.39, 0.29) is 18.4 Å². The molecule has 0 radical (unpaired) electrons. The molecule has 152 valence electrons. The van der Waals surface area contributed by atoms with Crippen molar-refractivity contribution < 1.29 is 13.2 Å². The van der Waals surface area contributed by atoms with E-state index in [9.17, 15) is 13.2 Å². The van der Waals surface area contributed by atoms with Crippen molar-refractivity contribution in [1.29, 1.82) is 0 Å². The van der Waals surface area contributed by atoms with Gasteiger partial charge in [0.1, 0.15) is 4.21 Å². The Kier molecular flexibility index (Phi) is 6.91. The van der Waals surface area contributed by atoms with Gasteiger partial charge in [0.05, 0.1) is 5.92 Å². The Morgan fingerprint density at radius 3 is 2.82 bits per heavy atom. The molecule has 1 fully saturated rings. The van der Waals surface area contributed by atoms with Gasteiger partial charge in [-0.2, -0.15) is 4.31 Å². The first-order valence-corrected chi connectivity index (χ1v) is 12.1. The molecule has 2 heterocycles. The molecular formula is C21H28N2O3S2. The van der Waals surface area contributed by atoms with E-state index < -0.39 is 10.0 Å².